The van der Waals surface area contributed by atoms with Crippen LogP contribution in [0.3, 0.4) is 0 Å². The molecule has 0 bridgehead atoms. The molecule has 0 radical (unpaired) electrons. The van der Waals surface area contributed by atoms with Gasteiger partial charge in [0.1, 0.15) is 0 Å². The summed E-state index contributed by atoms with van der Waals surface area (Å²) in [5, 5.41) is 0.454. The average Bonchev–Trinajstić information content (AvgIpc) is 2.86. The lowest BCUT2D eigenvalue weighted by Crippen LogP contribution is -2.29. The quantitative estimate of drug-likeness (QED) is 0.792. The van der Waals surface area contributed by atoms with Crippen molar-refractivity contribution in [3.05, 3.63) is 57.0 Å². The monoisotopic (exact) mass is 350 g/mol. The van der Waals surface area contributed by atoms with E-state index < -0.39 is 0 Å². The number of nitrogens with zero attached hydrogens (tertiary/aromatic N) is 1. The Hall–Kier alpha value is -1.52. The molecule has 102 valence electrons. The van der Waals surface area contributed by atoms with E-state index in [1.54, 1.807) is 17.0 Å². The number of fused-ring (bicyclic) bond motifs is 1. The van der Waals surface area contributed by atoms with Gasteiger partial charge in [-0.25, -0.2) is 0 Å². The highest BCUT2D eigenvalue weighted by Gasteiger charge is 2.27. The first-order valence-electron chi connectivity index (χ1n) is 6.22. The summed E-state index contributed by atoms with van der Waals surface area (Å²) in [6.07, 6.45) is 0.777. The van der Waals surface area contributed by atoms with E-state index in [2.05, 4.69) is 15.9 Å². The predicted octanol–water partition coefficient (Wildman–Crippen LogP) is 3.89. The third-order valence-electron chi connectivity index (χ3n) is 3.47. The minimum absolute atomic E-state index is 0.0966. The molecule has 3 rings (SSSR count). The van der Waals surface area contributed by atoms with Gasteiger partial charge in [0.15, 0.2) is 0 Å². The van der Waals surface area contributed by atoms with Gasteiger partial charge in [0.25, 0.3) is 5.91 Å². The van der Waals surface area contributed by atoms with Crippen molar-refractivity contribution in [2.24, 2.45) is 0 Å². The van der Waals surface area contributed by atoms with Crippen molar-refractivity contribution in [3.8, 4) is 0 Å². The topological polar surface area (TPSA) is 46.3 Å². The third kappa shape index (κ3) is 2.19. The second kappa shape index (κ2) is 5.11. The number of hydrogen-bond donors (Lipinski definition) is 1. The maximum Gasteiger partial charge on any atom is 0.259 e. The molecule has 3 nitrogen and oxygen atoms in total. The molecule has 1 aliphatic heterocycles. The van der Waals surface area contributed by atoms with Crippen molar-refractivity contribution in [2.75, 3.05) is 17.2 Å². The van der Waals surface area contributed by atoms with Gasteiger partial charge in [0, 0.05) is 28.0 Å². The smallest absolute Gasteiger partial charge is 0.259 e. The van der Waals surface area contributed by atoms with Gasteiger partial charge in [-0.1, -0.05) is 33.6 Å². The molecule has 0 spiro atoms. The summed E-state index contributed by atoms with van der Waals surface area (Å²) < 4.78 is 0.831. The van der Waals surface area contributed by atoms with Crippen LogP contribution in [0.2, 0.25) is 5.02 Å². The van der Waals surface area contributed by atoms with Crippen molar-refractivity contribution >= 4 is 44.8 Å². The SMILES string of the molecule is Nc1cccc2c1CCN2C(=O)c1cc(Br)ccc1Cl. The molecule has 1 aliphatic rings. The van der Waals surface area contributed by atoms with Crippen molar-refractivity contribution in [1.82, 2.24) is 0 Å². The molecule has 0 aliphatic carbocycles. The number of benzene rings is 2. The zero-order valence-electron chi connectivity index (χ0n) is 10.6. The molecule has 2 aromatic carbocycles. The van der Waals surface area contributed by atoms with Crippen LogP contribution in [0.4, 0.5) is 11.4 Å². The lowest BCUT2D eigenvalue weighted by atomic mass is 10.1. The molecule has 0 saturated heterocycles. The van der Waals surface area contributed by atoms with Crippen LogP contribution in [0, 0.1) is 0 Å². The molecule has 0 atom stereocenters. The number of carbonyl (C=O) groups excluding carboxylic acids is 1. The molecule has 0 fully saturated rings. The Morgan fingerprint density at radius 3 is 2.90 bits per heavy atom. The Kier molecular flexibility index (Phi) is 3.44. The number of rotatable bonds is 1. The molecule has 1 heterocycles. The van der Waals surface area contributed by atoms with E-state index in [1.807, 2.05) is 24.3 Å². The van der Waals surface area contributed by atoms with Crippen molar-refractivity contribution in [2.45, 2.75) is 6.42 Å². The van der Waals surface area contributed by atoms with E-state index in [4.69, 9.17) is 17.3 Å². The van der Waals surface area contributed by atoms with E-state index in [0.717, 1.165) is 27.8 Å². The molecule has 5 heteroatoms. The van der Waals surface area contributed by atoms with E-state index in [1.165, 1.54) is 0 Å². The van der Waals surface area contributed by atoms with Gasteiger partial charge in [-0.05, 0) is 36.8 Å². The lowest BCUT2D eigenvalue weighted by molar-refractivity contribution is 0.0989. The van der Waals surface area contributed by atoms with Gasteiger partial charge < -0.3 is 10.6 Å². The molecule has 1 amide bonds. The predicted molar refractivity (Wildman–Crippen MR) is 85.4 cm³/mol. The van der Waals surface area contributed by atoms with Crippen molar-refractivity contribution < 1.29 is 4.79 Å². The number of hydrogen-bond acceptors (Lipinski definition) is 2. The molecule has 0 saturated carbocycles. The van der Waals surface area contributed by atoms with Gasteiger partial charge in [-0.2, -0.15) is 0 Å². The molecule has 2 aromatic rings. The molecule has 0 unspecified atom stereocenters. The first kappa shape index (κ1) is 13.5. The Morgan fingerprint density at radius 1 is 1.30 bits per heavy atom. The van der Waals surface area contributed by atoms with Crippen LogP contribution in [-0.4, -0.2) is 12.5 Å². The number of nitrogens with two attached hydrogens (primary N) is 1. The summed E-state index contributed by atoms with van der Waals surface area (Å²) >= 11 is 9.50. The average molecular weight is 352 g/mol. The molecular formula is C15H12BrClN2O. The van der Waals surface area contributed by atoms with Gasteiger partial charge >= 0.3 is 0 Å². The summed E-state index contributed by atoms with van der Waals surface area (Å²) in [6, 6.07) is 10.9. The number of carbonyl (C=O) groups is 1. The second-order valence-corrected chi connectivity index (χ2v) is 6.00. The standard InChI is InChI=1S/C15H12BrClN2O/c16-9-4-5-12(17)11(8-9)15(20)19-7-6-10-13(18)2-1-3-14(10)19/h1-5,8H,6-7,18H2. The van der Waals surface area contributed by atoms with Gasteiger partial charge in [0.05, 0.1) is 10.6 Å². The van der Waals surface area contributed by atoms with Gasteiger partial charge in [-0.3, -0.25) is 4.79 Å². The molecular weight excluding hydrogens is 340 g/mol. The second-order valence-electron chi connectivity index (χ2n) is 4.68. The van der Waals surface area contributed by atoms with Crippen LogP contribution >= 0.6 is 27.5 Å². The van der Waals surface area contributed by atoms with E-state index in [-0.39, 0.29) is 5.91 Å². The highest BCUT2D eigenvalue weighted by molar-refractivity contribution is 9.10. The van der Waals surface area contributed by atoms with E-state index in [0.29, 0.717) is 17.1 Å². The minimum Gasteiger partial charge on any atom is -0.398 e. The van der Waals surface area contributed by atoms with Crippen LogP contribution in [0.25, 0.3) is 0 Å². The maximum absolute atomic E-state index is 12.7. The zero-order valence-corrected chi connectivity index (χ0v) is 12.9. The van der Waals surface area contributed by atoms with Crippen molar-refractivity contribution in [3.63, 3.8) is 0 Å². The number of nitrogen functional groups attached to an aromatic ring is 1. The Balaban J connectivity index is 2.02. The van der Waals surface area contributed by atoms with Gasteiger partial charge in [0.2, 0.25) is 0 Å². The zero-order chi connectivity index (χ0) is 14.3. The Bertz CT molecular complexity index is 702. The fourth-order valence-electron chi connectivity index (χ4n) is 2.48. The molecule has 2 N–H and O–H groups in total. The largest absolute Gasteiger partial charge is 0.398 e. The van der Waals surface area contributed by atoms with Gasteiger partial charge in [-0.15, -0.1) is 0 Å². The minimum atomic E-state index is -0.0966. The lowest BCUT2D eigenvalue weighted by Gasteiger charge is -2.18. The van der Waals surface area contributed by atoms with Crippen LogP contribution in [0.15, 0.2) is 40.9 Å². The van der Waals surface area contributed by atoms with E-state index >= 15 is 0 Å². The normalized spacial score (nSPS) is 13.4. The number of halogens is 2. The van der Waals surface area contributed by atoms with Crippen LogP contribution < -0.4 is 10.6 Å². The van der Waals surface area contributed by atoms with Crippen LogP contribution in [-0.2, 0) is 6.42 Å². The molecule has 0 aromatic heterocycles. The highest BCUT2D eigenvalue weighted by atomic mass is 79.9. The summed E-state index contributed by atoms with van der Waals surface area (Å²) in [5.74, 6) is -0.0966. The summed E-state index contributed by atoms with van der Waals surface area (Å²) in [4.78, 5) is 14.4. The summed E-state index contributed by atoms with van der Waals surface area (Å²) in [5.41, 5.74) is 9.10. The highest BCUT2D eigenvalue weighted by Crippen LogP contribution is 2.34. The van der Waals surface area contributed by atoms with Crippen molar-refractivity contribution in [1.29, 1.82) is 0 Å². The first-order valence-corrected chi connectivity index (χ1v) is 7.39. The Labute approximate surface area is 130 Å². The first-order chi connectivity index (χ1) is 9.58. The summed E-state index contributed by atoms with van der Waals surface area (Å²) in [7, 11) is 0. The third-order valence-corrected chi connectivity index (χ3v) is 4.29. The van der Waals surface area contributed by atoms with Crippen LogP contribution in [0.1, 0.15) is 15.9 Å². The van der Waals surface area contributed by atoms with Crippen LogP contribution in [0.5, 0.6) is 0 Å². The van der Waals surface area contributed by atoms with E-state index in [9.17, 15) is 4.79 Å². The maximum atomic E-state index is 12.7. The number of anilines is 2. The summed E-state index contributed by atoms with van der Waals surface area (Å²) in [6.45, 7) is 0.630. The fraction of sp³-hybridized carbons (Fsp3) is 0.133. The Morgan fingerprint density at radius 2 is 2.10 bits per heavy atom. The molecule has 20 heavy (non-hydrogen) atoms. The fourth-order valence-corrected chi connectivity index (χ4v) is 3.04. The number of amides is 1.